The number of aryl methyl sites for hydroxylation is 1. The number of methoxy groups -OCH3 is 1. The molecule has 24 heavy (non-hydrogen) atoms. The molecule has 1 amide bonds. The average molecular weight is 446 g/mol. The maximum Gasteiger partial charge on any atom is 0.246 e. The summed E-state index contributed by atoms with van der Waals surface area (Å²) in [5.41, 5.74) is 2.27. The van der Waals surface area contributed by atoms with Crippen molar-refractivity contribution in [1.82, 2.24) is 10.6 Å². The second-order valence-corrected chi connectivity index (χ2v) is 5.70. The number of benzene rings is 1. The number of amides is 1. The van der Waals surface area contributed by atoms with Gasteiger partial charge in [-0.2, -0.15) is 0 Å². The van der Waals surface area contributed by atoms with E-state index in [9.17, 15) is 4.79 Å². The Morgan fingerprint density at radius 1 is 1.42 bits per heavy atom. The predicted molar refractivity (Wildman–Crippen MR) is 108 cm³/mol. The minimum absolute atomic E-state index is 0. The smallest absolute Gasteiger partial charge is 0.246 e. The number of fused-ring (bicyclic) bond motifs is 1. The topological polar surface area (TPSA) is 66.0 Å². The Kier molecular flexibility index (Phi) is 9.05. The summed E-state index contributed by atoms with van der Waals surface area (Å²) in [7, 11) is 3.35. The van der Waals surface area contributed by atoms with E-state index in [1.54, 1.807) is 14.2 Å². The largest absolute Gasteiger partial charge is 0.383 e. The number of carbonyl (C=O) groups is 1. The number of ether oxygens (including phenoxy) is 1. The van der Waals surface area contributed by atoms with Crippen LogP contribution < -0.4 is 15.5 Å². The summed E-state index contributed by atoms with van der Waals surface area (Å²) in [6.07, 6.45) is 2.03. The molecule has 134 valence electrons. The molecule has 1 aliphatic heterocycles. The third-order valence-electron chi connectivity index (χ3n) is 3.84. The molecule has 0 saturated carbocycles. The van der Waals surface area contributed by atoms with E-state index in [1.807, 2.05) is 30.0 Å². The molecule has 1 heterocycles. The van der Waals surface area contributed by atoms with E-state index < -0.39 is 0 Å². The van der Waals surface area contributed by atoms with Crippen LogP contribution in [-0.2, 0) is 16.0 Å². The van der Waals surface area contributed by atoms with Crippen molar-refractivity contribution in [2.75, 3.05) is 38.8 Å². The predicted octanol–water partition coefficient (Wildman–Crippen LogP) is 1.78. The van der Waals surface area contributed by atoms with Crippen molar-refractivity contribution >= 4 is 41.5 Å². The van der Waals surface area contributed by atoms with E-state index in [2.05, 4.69) is 21.7 Å². The molecule has 0 radical (unpaired) electrons. The van der Waals surface area contributed by atoms with Gasteiger partial charge >= 0.3 is 0 Å². The Morgan fingerprint density at radius 3 is 2.88 bits per heavy atom. The number of guanidine groups is 1. The van der Waals surface area contributed by atoms with E-state index in [0.717, 1.165) is 25.1 Å². The van der Waals surface area contributed by atoms with Crippen LogP contribution in [0.5, 0.6) is 0 Å². The number of anilines is 1. The number of hydrogen-bond acceptors (Lipinski definition) is 3. The summed E-state index contributed by atoms with van der Waals surface area (Å²) in [6.45, 7) is 3.56. The monoisotopic (exact) mass is 446 g/mol. The summed E-state index contributed by atoms with van der Waals surface area (Å²) in [5.74, 6) is 0.660. The highest BCUT2D eigenvalue weighted by Crippen LogP contribution is 2.26. The Morgan fingerprint density at radius 2 is 2.17 bits per heavy atom. The maximum absolute atomic E-state index is 12.5. The number of hydrogen-bond donors (Lipinski definition) is 2. The van der Waals surface area contributed by atoms with Crippen LogP contribution in [0.3, 0.4) is 0 Å². The van der Waals surface area contributed by atoms with Crippen molar-refractivity contribution in [3.05, 3.63) is 29.8 Å². The van der Waals surface area contributed by atoms with Gasteiger partial charge in [-0.15, -0.1) is 24.0 Å². The normalized spacial score (nSPS) is 15.1. The van der Waals surface area contributed by atoms with E-state index in [0.29, 0.717) is 12.6 Å². The quantitative estimate of drug-likeness (QED) is 0.411. The SMILES string of the molecule is CN=C(NCC(=O)N1CCCc2ccccc21)NC(C)COC.I. The first kappa shape index (κ1) is 20.7. The molecule has 0 bridgehead atoms. The molecule has 1 atom stereocenters. The van der Waals surface area contributed by atoms with Gasteiger partial charge in [0.15, 0.2) is 5.96 Å². The molecule has 0 fully saturated rings. The van der Waals surface area contributed by atoms with Gasteiger partial charge in [0.1, 0.15) is 0 Å². The molecule has 0 aliphatic carbocycles. The zero-order chi connectivity index (χ0) is 16.7. The highest BCUT2D eigenvalue weighted by atomic mass is 127. The van der Waals surface area contributed by atoms with Crippen molar-refractivity contribution in [2.45, 2.75) is 25.8 Å². The van der Waals surface area contributed by atoms with Crippen LogP contribution in [0.15, 0.2) is 29.3 Å². The number of carbonyl (C=O) groups excluding carboxylic acids is 1. The first-order valence-corrected chi connectivity index (χ1v) is 8.00. The number of aliphatic imine (C=N–C) groups is 1. The van der Waals surface area contributed by atoms with Crippen LogP contribution in [0.4, 0.5) is 5.69 Å². The second kappa shape index (κ2) is 10.5. The van der Waals surface area contributed by atoms with Gasteiger partial charge in [-0.3, -0.25) is 9.79 Å². The fraction of sp³-hybridized carbons (Fsp3) is 0.529. The first-order valence-electron chi connectivity index (χ1n) is 8.00. The highest BCUT2D eigenvalue weighted by Gasteiger charge is 2.22. The maximum atomic E-state index is 12.5. The summed E-state index contributed by atoms with van der Waals surface area (Å²) in [4.78, 5) is 18.5. The van der Waals surface area contributed by atoms with Gasteiger partial charge in [0.05, 0.1) is 13.2 Å². The molecule has 1 unspecified atom stereocenters. The summed E-state index contributed by atoms with van der Waals surface area (Å²) in [6, 6.07) is 8.23. The number of nitrogens with zero attached hydrogens (tertiary/aromatic N) is 2. The lowest BCUT2D eigenvalue weighted by atomic mass is 10.0. The van der Waals surface area contributed by atoms with Gasteiger partial charge < -0.3 is 20.3 Å². The Labute approximate surface area is 161 Å². The van der Waals surface area contributed by atoms with E-state index >= 15 is 0 Å². The third-order valence-corrected chi connectivity index (χ3v) is 3.84. The Bertz CT molecular complexity index is 565. The number of para-hydroxylation sites is 1. The third kappa shape index (κ3) is 5.62. The molecule has 1 aromatic carbocycles. The Balaban J connectivity index is 0.00000288. The van der Waals surface area contributed by atoms with Gasteiger partial charge in [0.2, 0.25) is 5.91 Å². The standard InChI is InChI=1S/C17H26N4O2.HI/c1-13(12-23-3)20-17(18-2)19-11-16(22)21-10-6-8-14-7-4-5-9-15(14)21;/h4-5,7,9,13H,6,8,10-12H2,1-3H3,(H2,18,19,20);1H. The van der Waals surface area contributed by atoms with Crippen LogP contribution in [0, 0.1) is 0 Å². The van der Waals surface area contributed by atoms with Crippen LogP contribution >= 0.6 is 24.0 Å². The molecule has 7 heteroatoms. The zero-order valence-electron chi connectivity index (χ0n) is 14.5. The van der Waals surface area contributed by atoms with Gasteiger partial charge in [-0.25, -0.2) is 0 Å². The molecule has 0 saturated heterocycles. The first-order chi connectivity index (χ1) is 11.2. The van der Waals surface area contributed by atoms with Crippen LogP contribution in [-0.4, -0.2) is 51.8 Å². The van der Waals surface area contributed by atoms with E-state index in [4.69, 9.17) is 4.74 Å². The van der Waals surface area contributed by atoms with Crippen molar-refractivity contribution in [3.8, 4) is 0 Å². The van der Waals surface area contributed by atoms with Crippen molar-refractivity contribution in [3.63, 3.8) is 0 Å². The molecular weight excluding hydrogens is 419 g/mol. The number of halogens is 1. The molecule has 1 aromatic rings. The lowest BCUT2D eigenvalue weighted by molar-refractivity contribution is -0.117. The van der Waals surface area contributed by atoms with Gasteiger partial charge in [-0.05, 0) is 31.4 Å². The minimum Gasteiger partial charge on any atom is -0.383 e. The fourth-order valence-corrected chi connectivity index (χ4v) is 2.77. The molecule has 6 nitrogen and oxygen atoms in total. The molecule has 1 aliphatic rings. The lowest BCUT2D eigenvalue weighted by Crippen LogP contribution is -2.48. The zero-order valence-corrected chi connectivity index (χ0v) is 16.9. The van der Waals surface area contributed by atoms with Crippen molar-refractivity contribution < 1.29 is 9.53 Å². The van der Waals surface area contributed by atoms with Crippen molar-refractivity contribution in [2.24, 2.45) is 4.99 Å². The lowest BCUT2D eigenvalue weighted by Gasteiger charge is -2.29. The molecule has 2 rings (SSSR count). The number of nitrogens with one attached hydrogen (secondary N) is 2. The van der Waals surface area contributed by atoms with Gasteiger partial charge in [-0.1, -0.05) is 18.2 Å². The summed E-state index contributed by atoms with van der Waals surface area (Å²) >= 11 is 0. The van der Waals surface area contributed by atoms with Crippen LogP contribution in [0.1, 0.15) is 18.9 Å². The minimum atomic E-state index is 0. The summed E-state index contributed by atoms with van der Waals surface area (Å²) < 4.78 is 5.09. The van der Waals surface area contributed by atoms with Crippen LogP contribution in [0.2, 0.25) is 0 Å². The molecular formula is C17H27IN4O2. The molecule has 2 N–H and O–H groups in total. The highest BCUT2D eigenvalue weighted by molar-refractivity contribution is 14.0. The van der Waals surface area contributed by atoms with Gasteiger partial charge in [0.25, 0.3) is 0 Å². The summed E-state index contributed by atoms with van der Waals surface area (Å²) in [5, 5.41) is 6.27. The average Bonchev–Trinajstić information content (AvgIpc) is 2.58. The van der Waals surface area contributed by atoms with Crippen LogP contribution in [0.25, 0.3) is 0 Å². The van der Waals surface area contributed by atoms with Gasteiger partial charge in [0, 0.05) is 32.4 Å². The fourth-order valence-electron chi connectivity index (χ4n) is 2.77. The van der Waals surface area contributed by atoms with E-state index in [1.165, 1.54) is 5.56 Å². The number of rotatable bonds is 5. The second-order valence-electron chi connectivity index (χ2n) is 5.70. The van der Waals surface area contributed by atoms with Crippen molar-refractivity contribution in [1.29, 1.82) is 0 Å². The van der Waals surface area contributed by atoms with E-state index in [-0.39, 0.29) is 42.5 Å². The molecule has 0 spiro atoms. The molecule has 0 aromatic heterocycles. The Hall–Kier alpha value is -1.35.